The molecular weight excluding hydrogens is 329 g/mol. The molecule has 0 saturated carbocycles. The van der Waals surface area contributed by atoms with Crippen molar-refractivity contribution in [1.29, 1.82) is 0 Å². The molecule has 2 aromatic rings. The fourth-order valence-corrected chi connectivity index (χ4v) is 3.18. The lowest BCUT2D eigenvalue weighted by Gasteiger charge is -2.16. The van der Waals surface area contributed by atoms with Gasteiger partial charge in [-0.15, -0.1) is 0 Å². The summed E-state index contributed by atoms with van der Waals surface area (Å²) in [6.45, 7) is 2.25. The molecule has 0 N–H and O–H groups in total. The van der Waals surface area contributed by atoms with E-state index in [0.29, 0.717) is 23.6 Å². The molecule has 0 aromatic heterocycles. The maximum Gasteiger partial charge on any atom is 0.298 e. The Morgan fingerprint density at radius 2 is 1.96 bits per heavy atom. The normalized spacial score (nSPS) is 16.1. The molecule has 122 valence electrons. The van der Waals surface area contributed by atoms with Crippen LogP contribution in [0.2, 0.25) is 0 Å². The zero-order valence-electron chi connectivity index (χ0n) is 12.9. The number of imide groups is 1. The molecule has 3 rings (SSSR count). The van der Waals surface area contributed by atoms with E-state index in [1.165, 1.54) is 18.2 Å². The Morgan fingerprint density at radius 3 is 2.71 bits per heavy atom. The van der Waals surface area contributed by atoms with Crippen LogP contribution in [-0.4, -0.2) is 17.8 Å². The number of amides is 2. The molecule has 0 aliphatic carbocycles. The molecule has 1 aliphatic rings. The summed E-state index contributed by atoms with van der Waals surface area (Å²) in [5.74, 6) is -0.375. The van der Waals surface area contributed by atoms with Crippen molar-refractivity contribution in [2.45, 2.75) is 6.92 Å². The highest BCUT2D eigenvalue weighted by Gasteiger charge is 2.37. The number of halogens is 1. The van der Waals surface area contributed by atoms with Crippen molar-refractivity contribution in [3.8, 4) is 5.75 Å². The van der Waals surface area contributed by atoms with E-state index in [4.69, 9.17) is 4.74 Å². The van der Waals surface area contributed by atoms with Crippen molar-refractivity contribution in [3.63, 3.8) is 0 Å². The minimum atomic E-state index is -0.443. The standard InChI is InChI=1S/C18H14FNO3S/c1-2-23-15-9-4-3-8-14(15)20-17(21)16(24-18(20)22)11-12-6-5-7-13(19)10-12/h3-11H,2H2,1H3/b16-11-. The molecule has 1 aliphatic heterocycles. The average molecular weight is 343 g/mol. The number of benzene rings is 2. The van der Waals surface area contributed by atoms with Crippen molar-refractivity contribution in [1.82, 2.24) is 0 Å². The van der Waals surface area contributed by atoms with E-state index in [-0.39, 0.29) is 4.91 Å². The number of ether oxygens (including phenoxy) is 1. The maximum atomic E-state index is 13.3. The molecule has 0 atom stereocenters. The molecule has 2 amide bonds. The summed E-state index contributed by atoms with van der Waals surface area (Å²) in [4.78, 5) is 26.3. The SMILES string of the molecule is CCOc1ccccc1N1C(=O)S/C(=C\c2cccc(F)c2)C1=O. The van der Waals surface area contributed by atoms with Crippen LogP contribution in [0, 0.1) is 5.82 Å². The Bertz CT molecular complexity index is 835. The minimum absolute atomic E-state index is 0.247. The van der Waals surface area contributed by atoms with Gasteiger partial charge in [-0.1, -0.05) is 24.3 Å². The predicted molar refractivity (Wildman–Crippen MR) is 92.5 cm³/mol. The van der Waals surface area contributed by atoms with E-state index in [0.717, 1.165) is 16.7 Å². The highest BCUT2D eigenvalue weighted by Crippen LogP contribution is 2.39. The maximum absolute atomic E-state index is 13.3. The molecule has 6 heteroatoms. The highest BCUT2D eigenvalue weighted by atomic mass is 32.2. The van der Waals surface area contributed by atoms with Gasteiger partial charge in [-0.05, 0) is 54.6 Å². The van der Waals surface area contributed by atoms with Crippen LogP contribution in [0.1, 0.15) is 12.5 Å². The van der Waals surface area contributed by atoms with Gasteiger partial charge in [-0.3, -0.25) is 9.59 Å². The number of para-hydroxylation sites is 2. The van der Waals surface area contributed by atoms with Gasteiger partial charge in [0.2, 0.25) is 0 Å². The average Bonchev–Trinajstić information content (AvgIpc) is 2.82. The molecule has 0 bridgehead atoms. The Kier molecular flexibility index (Phi) is 4.66. The van der Waals surface area contributed by atoms with Crippen LogP contribution in [-0.2, 0) is 4.79 Å². The molecule has 0 unspecified atom stereocenters. The molecule has 0 radical (unpaired) electrons. The number of hydrogen-bond acceptors (Lipinski definition) is 4. The number of carbonyl (C=O) groups is 2. The van der Waals surface area contributed by atoms with E-state index < -0.39 is 17.0 Å². The van der Waals surface area contributed by atoms with Gasteiger partial charge in [-0.2, -0.15) is 0 Å². The van der Waals surface area contributed by atoms with Gasteiger partial charge in [0, 0.05) is 0 Å². The van der Waals surface area contributed by atoms with Gasteiger partial charge < -0.3 is 4.74 Å². The van der Waals surface area contributed by atoms with Crippen LogP contribution in [0.5, 0.6) is 5.75 Å². The van der Waals surface area contributed by atoms with Crippen LogP contribution in [0.4, 0.5) is 14.9 Å². The summed E-state index contributed by atoms with van der Waals surface area (Å²) >= 11 is 0.825. The number of carbonyl (C=O) groups excluding carboxylic acids is 2. The van der Waals surface area contributed by atoms with Crippen LogP contribution < -0.4 is 9.64 Å². The van der Waals surface area contributed by atoms with Gasteiger partial charge in [-0.25, -0.2) is 9.29 Å². The third kappa shape index (κ3) is 3.19. The molecule has 1 saturated heterocycles. The first-order valence-electron chi connectivity index (χ1n) is 7.35. The minimum Gasteiger partial charge on any atom is -0.492 e. The Morgan fingerprint density at radius 1 is 1.17 bits per heavy atom. The van der Waals surface area contributed by atoms with Crippen LogP contribution >= 0.6 is 11.8 Å². The van der Waals surface area contributed by atoms with Gasteiger partial charge >= 0.3 is 0 Å². The smallest absolute Gasteiger partial charge is 0.298 e. The fourth-order valence-electron chi connectivity index (χ4n) is 2.34. The molecule has 1 heterocycles. The largest absolute Gasteiger partial charge is 0.492 e. The molecule has 1 fully saturated rings. The second-order valence-corrected chi connectivity index (χ2v) is 5.97. The summed E-state index contributed by atoms with van der Waals surface area (Å²) < 4.78 is 18.8. The quantitative estimate of drug-likeness (QED) is 0.769. The zero-order valence-corrected chi connectivity index (χ0v) is 13.7. The third-order valence-corrected chi connectivity index (χ3v) is 4.22. The van der Waals surface area contributed by atoms with Crippen molar-refractivity contribution >= 4 is 34.7 Å². The van der Waals surface area contributed by atoms with Crippen molar-refractivity contribution in [3.05, 3.63) is 64.8 Å². The first-order chi connectivity index (χ1) is 11.6. The fraction of sp³-hybridized carbons (Fsp3) is 0.111. The topological polar surface area (TPSA) is 46.6 Å². The molecule has 2 aromatic carbocycles. The molecule has 4 nitrogen and oxygen atoms in total. The van der Waals surface area contributed by atoms with E-state index in [1.54, 1.807) is 36.4 Å². The number of nitrogens with zero attached hydrogens (tertiary/aromatic N) is 1. The lowest BCUT2D eigenvalue weighted by molar-refractivity contribution is -0.113. The first kappa shape index (κ1) is 16.3. The second-order valence-electron chi connectivity index (χ2n) is 4.97. The van der Waals surface area contributed by atoms with Gasteiger partial charge in [0.1, 0.15) is 11.6 Å². The summed E-state index contributed by atoms with van der Waals surface area (Å²) in [6.07, 6.45) is 1.51. The van der Waals surface area contributed by atoms with Crippen molar-refractivity contribution < 1.29 is 18.7 Å². The lowest BCUT2D eigenvalue weighted by Crippen LogP contribution is -2.28. The van der Waals surface area contributed by atoms with Gasteiger partial charge in [0.15, 0.2) is 0 Å². The summed E-state index contributed by atoms with van der Waals surface area (Å²) in [7, 11) is 0. The molecule has 0 spiro atoms. The monoisotopic (exact) mass is 343 g/mol. The summed E-state index contributed by atoms with van der Waals surface area (Å²) in [5.41, 5.74) is 0.933. The van der Waals surface area contributed by atoms with Crippen molar-refractivity contribution in [2.75, 3.05) is 11.5 Å². The number of hydrogen-bond donors (Lipinski definition) is 0. The summed E-state index contributed by atoms with van der Waals surface area (Å²) in [5, 5.41) is -0.408. The zero-order chi connectivity index (χ0) is 17.1. The number of anilines is 1. The highest BCUT2D eigenvalue weighted by molar-refractivity contribution is 8.19. The Labute approximate surface area is 142 Å². The molecule has 24 heavy (non-hydrogen) atoms. The van der Waals surface area contributed by atoms with E-state index in [1.807, 2.05) is 6.92 Å². The van der Waals surface area contributed by atoms with Crippen LogP contribution in [0.3, 0.4) is 0 Å². The Hall–Kier alpha value is -2.60. The van der Waals surface area contributed by atoms with E-state index >= 15 is 0 Å². The number of rotatable bonds is 4. The van der Waals surface area contributed by atoms with Crippen molar-refractivity contribution in [2.24, 2.45) is 0 Å². The number of thioether (sulfide) groups is 1. The van der Waals surface area contributed by atoms with E-state index in [9.17, 15) is 14.0 Å². The second kappa shape index (κ2) is 6.88. The first-order valence-corrected chi connectivity index (χ1v) is 8.17. The van der Waals surface area contributed by atoms with Crippen LogP contribution in [0.25, 0.3) is 6.08 Å². The predicted octanol–water partition coefficient (Wildman–Crippen LogP) is 4.47. The third-order valence-electron chi connectivity index (χ3n) is 3.35. The lowest BCUT2D eigenvalue weighted by atomic mass is 10.2. The van der Waals surface area contributed by atoms with Crippen LogP contribution in [0.15, 0.2) is 53.4 Å². The molecular formula is C18H14FNO3S. The Balaban J connectivity index is 1.95. The van der Waals surface area contributed by atoms with Gasteiger partial charge in [0.25, 0.3) is 11.1 Å². The van der Waals surface area contributed by atoms with Gasteiger partial charge in [0.05, 0.1) is 17.2 Å². The summed E-state index contributed by atoms with van der Waals surface area (Å²) in [6, 6.07) is 12.7. The van der Waals surface area contributed by atoms with E-state index in [2.05, 4.69) is 0 Å².